The lowest BCUT2D eigenvalue weighted by molar-refractivity contribution is -0.137. The molecule has 1 aromatic heterocycles. The van der Waals surface area contributed by atoms with E-state index in [9.17, 15) is 27.9 Å². The number of hydrogen-bond donors (Lipinski definition) is 2. The number of anilines is 1. The summed E-state index contributed by atoms with van der Waals surface area (Å²) in [6, 6.07) is 12.5. The van der Waals surface area contributed by atoms with E-state index in [2.05, 4.69) is 4.98 Å². The molecule has 1 heterocycles. The SMILES string of the molecule is C/C(=C/c1ccc(-c2ccc(Cl)c(C(=O)O)c2)[nH]1)SC(=S)N(C=O)c1cccc(C(F)(F)F)c1. The van der Waals surface area contributed by atoms with Gasteiger partial charge in [-0.15, -0.1) is 0 Å². The molecule has 176 valence electrons. The Morgan fingerprint density at radius 1 is 1.18 bits per heavy atom. The molecule has 0 spiro atoms. The zero-order chi connectivity index (χ0) is 25.0. The van der Waals surface area contributed by atoms with E-state index in [4.69, 9.17) is 23.8 Å². The maximum Gasteiger partial charge on any atom is 0.416 e. The van der Waals surface area contributed by atoms with E-state index in [1.54, 1.807) is 31.2 Å². The number of carbonyl (C=O) groups excluding carboxylic acids is 1. The molecule has 2 N–H and O–H groups in total. The zero-order valence-electron chi connectivity index (χ0n) is 17.4. The minimum Gasteiger partial charge on any atom is -0.478 e. The zero-order valence-corrected chi connectivity index (χ0v) is 19.8. The number of carboxylic acids is 1. The van der Waals surface area contributed by atoms with Crippen molar-refractivity contribution in [1.29, 1.82) is 0 Å². The van der Waals surface area contributed by atoms with Gasteiger partial charge in [-0.2, -0.15) is 13.2 Å². The third-order valence-electron chi connectivity index (χ3n) is 4.58. The van der Waals surface area contributed by atoms with Crippen molar-refractivity contribution in [2.75, 3.05) is 4.90 Å². The van der Waals surface area contributed by atoms with Crippen LogP contribution in [0.3, 0.4) is 0 Å². The van der Waals surface area contributed by atoms with E-state index >= 15 is 0 Å². The number of nitrogens with zero attached hydrogens (tertiary/aromatic N) is 1. The number of hydrogen-bond acceptors (Lipinski definition) is 4. The van der Waals surface area contributed by atoms with Crippen molar-refractivity contribution in [2.45, 2.75) is 13.1 Å². The van der Waals surface area contributed by atoms with Gasteiger partial charge in [0.05, 0.1) is 21.8 Å². The average Bonchev–Trinajstić information content (AvgIpc) is 3.22. The Balaban J connectivity index is 1.77. The summed E-state index contributed by atoms with van der Waals surface area (Å²) in [6.07, 6.45) is -2.44. The molecule has 0 radical (unpaired) electrons. The highest BCUT2D eigenvalue weighted by atomic mass is 35.5. The number of allylic oxidation sites excluding steroid dienone is 1. The van der Waals surface area contributed by atoms with E-state index in [1.807, 2.05) is 0 Å². The first kappa shape index (κ1) is 25.5. The summed E-state index contributed by atoms with van der Waals surface area (Å²) in [7, 11) is 0. The molecule has 0 aliphatic rings. The van der Waals surface area contributed by atoms with Gasteiger partial charge in [0.25, 0.3) is 0 Å². The molecule has 0 atom stereocenters. The minimum absolute atomic E-state index is 0.00857. The summed E-state index contributed by atoms with van der Waals surface area (Å²) in [6.45, 7) is 1.73. The first-order valence-corrected chi connectivity index (χ1v) is 11.1. The molecule has 11 heteroatoms. The summed E-state index contributed by atoms with van der Waals surface area (Å²) >= 11 is 12.2. The summed E-state index contributed by atoms with van der Waals surface area (Å²) in [5.74, 6) is -1.14. The Bertz CT molecular complexity index is 1290. The Morgan fingerprint density at radius 2 is 1.91 bits per heavy atom. The van der Waals surface area contributed by atoms with Crippen LogP contribution in [0.15, 0.2) is 59.5 Å². The number of aromatic carboxylic acids is 1. The first-order chi connectivity index (χ1) is 16.0. The maximum absolute atomic E-state index is 13.0. The third kappa shape index (κ3) is 6.07. The van der Waals surface area contributed by atoms with Gasteiger partial charge >= 0.3 is 12.1 Å². The smallest absolute Gasteiger partial charge is 0.416 e. The van der Waals surface area contributed by atoms with Crippen LogP contribution >= 0.6 is 35.6 Å². The fourth-order valence-electron chi connectivity index (χ4n) is 3.00. The number of rotatable bonds is 6. The fourth-order valence-corrected chi connectivity index (χ4v) is 4.45. The van der Waals surface area contributed by atoms with Crippen LogP contribution in [-0.4, -0.2) is 26.8 Å². The minimum atomic E-state index is -4.55. The number of carbonyl (C=O) groups is 2. The van der Waals surface area contributed by atoms with Gasteiger partial charge in [0.15, 0.2) is 4.32 Å². The molecular formula is C23H16ClF3N2O3S2. The molecule has 0 saturated heterocycles. The predicted octanol–water partition coefficient (Wildman–Crippen LogP) is 7.09. The second-order valence-corrected chi connectivity index (χ2v) is 9.26. The van der Waals surface area contributed by atoms with Crippen molar-refractivity contribution in [3.63, 3.8) is 0 Å². The Hall–Kier alpha value is -3.08. The van der Waals surface area contributed by atoms with Gasteiger partial charge in [-0.1, -0.05) is 47.7 Å². The van der Waals surface area contributed by atoms with Gasteiger partial charge < -0.3 is 10.1 Å². The molecule has 2 aromatic carbocycles. The number of amides is 1. The monoisotopic (exact) mass is 524 g/mol. The Morgan fingerprint density at radius 3 is 2.56 bits per heavy atom. The first-order valence-electron chi connectivity index (χ1n) is 9.53. The van der Waals surface area contributed by atoms with Crippen LogP contribution in [-0.2, 0) is 11.0 Å². The third-order valence-corrected chi connectivity index (χ3v) is 6.16. The predicted molar refractivity (Wildman–Crippen MR) is 132 cm³/mol. The fraction of sp³-hybridized carbons (Fsp3) is 0.0870. The van der Waals surface area contributed by atoms with Crippen LogP contribution in [0.1, 0.15) is 28.5 Å². The second kappa shape index (κ2) is 10.5. The molecule has 3 aromatic rings. The number of benzene rings is 2. The van der Waals surface area contributed by atoms with E-state index in [0.29, 0.717) is 28.3 Å². The average molecular weight is 525 g/mol. The lowest BCUT2D eigenvalue weighted by Gasteiger charge is -2.19. The molecule has 0 saturated carbocycles. The topological polar surface area (TPSA) is 73.4 Å². The summed E-state index contributed by atoms with van der Waals surface area (Å²) in [5, 5.41) is 9.37. The normalized spacial score (nSPS) is 11.9. The molecule has 3 rings (SSSR count). The van der Waals surface area contributed by atoms with Crippen molar-refractivity contribution in [1.82, 2.24) is 4.98 Å². The summed E-state index contributed by atoms with van der Waals surface area (Å²) < 4.78 is 39.1. The van der Waals surface area contributed by atoms with E-state index in [-0.39, 0.29) is 20.6 Å². The molecule has 0 aliphatic carbocycles. The number of thiocarbonyl (C=S) groups is 1. The van der Waals surface area contributed by atoms with E-state index in [0.717, 1.165) is 28.8 Å². The van der Waals surface area contributed by atoms with Gasteiger partial charge in [-0.25, -0.2) is 4.79 Å². The highest BCUT2D eigenvalue weighted by molar-refractivity contribution is 8.26. The van der Waals surface area contributed by atoms with Gasteiger partial charge in [0, 0.05) is 11.4 Å². The number of H-pyrrole nitrogens is 1. The van der Waals surface area contributed by atoms with Crippen LogP contribution in [0.25, 0.3) is 17.3 Å². The largest absolute Gasteiger partial charge is 0.478 e. The second-order valence-electron chi connectivity index (χ2n) is 6.97. The number of aromatic nitrogens is 1. The van der Waals surface area contributed by atoms with Gasteiger partial charge in [0.1, 0.15) is 0 Å². The molecule has 0 unspecified atom stereocenters. The summed E-state index contributed by atoms with van der Waals surface area (Å²) in [5.41, 5.74) is 1.06. The molecule has 0 fully saturated rings. The molecule has 0 bridgehead atoms. The standard InChI is InChI=1S/C23H16ClF3N2O3S2/c1-13(34-22(33)29(12-30)17-4-2-3-15(11-17)23(25,26)27)9-16-6-8-20(28-16)14-5-7-19(24)18(10-14)21(31)32/h2-12,28H,1H3,(H,31,32)/b13-9-. The number of nitrogens with one attached hydrogen (secondary N) is 1. The molecule has 34 heavy (non-hydrogen) atoms. The van der Waals surface area contributed by atoms with Crippen molar-refractivity contribution in [3.8, 4) is 11.3 Å². The molecule has 1 amide bonds. The summed E-state index contributed by atoms with van der Waals surface area (Å²) in [4.78, 5) is 27.7. The number of alkyl halides is 3. The Labute approximate surface area is 207 Å². The van der Waals surface area contributed by atoms with E-state index < -0.39 is 17.7 Å². The molecule has 0 aliphatic heterocycles. The number of thioether (sulfide) groups is 1. The van der Waals surface area contributed by atoms with Crippen molar-refractivity contribution >= 4 is 64.0 Å². The van der Waals surface area contributed by atoms with Crippen LogP contribution in [0.2, 0.25) is 5.02 Å². The van der Waals surface area contributed by atoms with Gasteiger partial charge in [-0.3, -0.25) is 9.69 Å². The number of carboxylic acid groups (broad SMARTS) is 1. The maximum atomic E-state index is 13.0. The lowest BCUT2D eigenvalue weighted by Crippen LogP contribution is -2.25. The number of halogens is 4. The highest BCUT2D eigenvalue weighted by Crippen LogP contribution is 2.33. The van der Waals surface area contributed by atoms with Crippen molar-refractivity contribution in [3.05, 3.63) is 81.3 Å². The Kier molecular flexibility index (Phi) is 7.86. The van der Waals surface area contributed by atoms with Crippen molar-refractivity contribution < 1.29 is 27.9 Å². The van der Waals surface area contributed by atoms with Gasteiger partial charge in [0.2, 0.25) is 6.41 Å². The van der Waals surface area contributed by atoms with Crippen LogP contribution in [0.5, 0.6) is 0 Å². The highest BCUT2D eigenvalue weighted by Gasteiger charge is 2.31. The van der Waals surface area contributed by atoms with Crippen LogP contribution in [0.4, 0.5) is 18.9 Å². The quantitative estimate of drug-likeness (QED) is 0.266. The molecule has 5 nitrogen and oxygen atoms in total. The van der Waals surface area contributed by atoms with Crippen molar-refractivity contribution in [2.24, 2.45) is 0 Å². The molecular weight excluding hydrogens is 509 g/mol. The van der Waals surface area contributed by atoms with Crippen LogP contribution in [0, 0.1) is 0 Å². The van der Waals surface area contributed by atoms with Crippen LogP contribution < -0.4 is 4.90 Å². The van der Waals surface area contributed by atoms with Gasteiger partial charge in [-0.05, 0) is 65.9 Å². The lowest BCUT2D eigenvalue weighted by atomic mass is 10.1. The number of aromatic amines is 1. The van der Waals surface area contributed by atoms with E-state index in [1.165, 1.54) is 24.3 Å².